The van der Waals surface area contributed by atoms with Crippen LogP contribution in [0.25, 0.3) is 0 Å². The van der Waals surface area contributed by atoms with Crippen LogP contribution in [0, 0.1) is 5.92 Å². The summed E-state index contributed by atoms with van der Waals surface area (Å²) in [6.07, 6.45) is 6.59. The number of carbonyl (C=O) groups excluding carboxylic acids is 1. The summed E-state index contributed by atoms with van der Waals surface area (Å²) in [7, 11) is 0. The van der Waals surface area contributed by atoms with E-state index in [4.69, 9.17) is 9.84 Å². The first-order valence-electron chi connectivity index (χ1n) is 6.50. The normalized spacial score (nSPS) is 16.9. The van der Waals surface area contributed by atoms with Crippen molar-refractivity contribution in [3.8, 4) is 0 Å². The average Bonchev–Trinajstić information content (AvgIpc) is 2.37. The van der Waals surface area contributed by atoms with Crippen LogP contribution in [0.5, 0.6) is 0 Å². The summed E-state index contributed by atoms with van der Waals surface area (Å²) >= 11 is 0. The summed E-state index contributed by atoms with van der Waals surface area (Å²) in [6, 6.07) is 0. The fourth-order valence-electron chi connectivity index (χ4n) is 1.98. The van der Waals surface area contributed by atoms with Crippen LogP contribution in [-0.4, -0.2) is 30.8 Å². The first kappa shape index (κ1) is 14.0. The lowest BCUT2D eigenvalue weighted by molar-refractivity contribution is -0.121. The summed E-state index contributed by atoms with van der Waals surface area (Å²) in [6.45, 7) is 3.54. The number of amides is 1. The molecule has 0 radical (unpaired) electrons. The third kappa shape index (κ3) is 5.22. The lowest BCUT2D eigenvalue weighted by Crippen LogP contribution is -2.32. The van der Waals surface area contributed by atoms with Crippen LogP contribution in [0.15, 0.2) is 11.8 Å². The Hall–Kier alpha value is -1.03. The third-order valence-corrected chi connectivity index (χ3v) is 2.95. The van der Waals surface area contributed by atoms with Crippen molar-refractivity contribution < 1.29 is 14.6 Å². The standard InChI is InChI=1S/C13H23NO3/c1-2-5-11(7-8-15)10-14-13(16)12-6-3-4-9-17-12/h6,11,15H,2-5,7-10H2,1H3,(H,14,16). The molecule has 0 saturated heterocycles. The van der Waals surface area contributed by atoms with Gasteiger partial charge in [-0.1, -0.05) is 13.3 Å². The highest BCUT2D eigenvalue weighted by Crippen LogP contribution is 2.12. The Morgan fingerprint density at radius 1 is 1.59 bits per heavy atom. The molecule has 1 aliphatic heterocycles. The molecular formula is C13H23NO3. The van der Waals surface area contributed by atoms with Crippen molar-refractivity contribution >= 4 is 5.91 Å². The number of ether oxygens (including phenoxy) is 1. The van der Waals surface area contributed by atoms with E-state index in [-0.39, 0.29) is 12.5 Å². The van der Waals surface area contributed by atoms with Crippen LogP contribution in [0.1, 0.15) is 39.0 Å². The van der Waals surface area contributed by atoms with Gasteiger partial charge in [-0.2, -0.15) is 0 Å². The van der Waals surface area contributed by atoms with Gasteiger partial charge in [0.2, 0.25) is 0 Å². The number of aliphatic hydroxyl groups is 1. The van der Waals surface area contributed by atoms with Gasteiger partial charge in [-0.3, -0.25) is 4.79 Å². The van der Waals surface area contributed by atoms with Crippen molar-refractivity contribution in [1.29, 1.82) is 0 Å². The maximum atomic E-state index is 11.7. The maximum Gasteiger partial charge on any atom is 0.286 e. The number of allylic oxidation sites excluding steroid dienone is 1. The van der Waals surface area contributed by atoms with Gasteiger partial charge in [0, 0.05) is 13.2 Å². The molecule has 17 heavy (non-hydrogen) atoms. The van der Waals surface area contributed by atoms with Gasteiger partial charge in [0.1, 0.15) is 0 Å². The highest BCUT2D eigenvalue weighted by Gasteiger charge is 2.15. The van der Waals surface area contributed by atoms with Gasteiger partial charge in [-0.05, 0) is 37.7 Å². The molecule has 0 aromatic rings. The first-order chi connectivity index (χ1) is 8.27. The van der Waals surface area contributed by atoms with Crippen LogP contribution >= 0.6 is 0 Å². The lowest BCUT2D eigenvalue weighted by Gasteiger charge is -2.18. The molecule has 0 aromatic carbocycles. The first-order valence-corrected chi connectivity index (χ1v) is 6.50. The van der Waals surface area contributed by atoms with Crippen molar-refractivity contribution in [1.82, 2.24) is 5.32 Å². The Morgan fingerprint density at radius 3 is 3.00 bits per heavy atom. The van der Waals surface area contributed by atoms with Gasteiger partial charge in [-0.15, -0.1) is 0 Å². The fourth-order valence-corrected chi connectivity index (χ4v) is 1.98. The van der Waals surface area contributed by atoms with E-state index in [1.165, 1.54) is 0 Å². The molecule has 1 unspecified atom stereocenters. The molecule has 0 spiro atoms. The number of hydrogen-bond donors (Lipinski definition) is 2. The van der Waals surface area contributed by atoms with E-state index in [0.29, 0.717) is 24.8 Å². The van der Waals surface area contributed by atoms with Crippen LogP contribution < -0.4 is 5.32 Å². The topological polar surface area (TPSA) is 58.6 Å². The molecule has 1 aliphatic rings. The summed E-state index contributed by atoms with van der Waals surface area (Å²) in [5, 5.41) is 11.8. The molecule has 0 aliphatic carbocycles. The summed E-state index contributed by atoms with van der Waals surface area (Å²) < 4.78 is 5.29. The summed E-state index contributed by atoms with van der Waals surface area (Å²) in [5.74, 6) is 0.692. The van der Waals surface area contributed by atoms with Gasteiger partial charge >= 0.3 is 0 Å². The minimum absolute atomic E-state index is 0.122. The molecule has 0 bridgehead atoms. The van der Waals surface area contributed by atoms with E-state index in [1.807, 2.05) is 6.08 Å². The van der Waals surface area contributed by atoms with Crippen LogP contribution in [0.2, 0.25) is 0 Å². The molecule has 1 atom stereocenters. The number of rotatable bonds is 7. The van der Waals surface area contributed by atoms with Crippen molar-refractivity contribution in [3.05, 3.63) is 11.8 Å². The Balaban J connectivity index is 2.31. The van der Waals surface area contributed by atoms with E-state index < -0.39 is 0 Å². The van der Waals surface area contributed by atoms with Crippen molar-refractivity contribution in [2.45, 2.75) is 39.0 Å². The number of hydrogen-bond acceptors (Lipinski definition) is 3. The molecule has 1 amide bonds. The molecular weight excluding hydrogens is 218 g/mol. The van der Waals surface area contributed by atoms with E-state index >= 15 is 0 Å². The molecule has 0 saturated carbocycles. The average molecular weight is 241 g/mol. The van der Waals surface area contributed by atoms with Gasteiger partial charge in [-0.25, -0.2) is 0 Å². The van der Waals surface area contributed by atoms with E-state index in [2.05, 4.69) is 12.2 Å². The molecule has 2 N–H and O–H groups in total. The SMILES string of the molecule is CCCC(CCO)CNC(=O)C1=CCCCO1. The Morgan fingerprint density at radius 2 is 2.41 bits per heavy atom. The minimum atomic E-state index is -0.122. The number of nitrogens with one attached hydrogen (secondary N) is 1. The van der Waals surface area contributed by atoms with Gasteiger partial charge < -0.3 is 15.2 Å². The van der Waals surface area contributed by atoms with Gasteiger partial charge in [0.25, 0.3) is 5.91 Å². The zero-order chi connectivity index (χ0) is 12.5. The van der Waals surface area contributed by atoms with Gasteiger partial charge in [0.15, 0.2) is 5.76 Å². The second kappa shape index (κ2) is 8.12. The quantitative estimate of drug-likeness (QED) is 0.711. The molecule has 98 valence electrons. The van der Waals surface area contributed by atoms with Gasteiger partial charge in [0.05, 0.1) is 6.61 Å². The van der Waals surface area contributed by atoms with Crippen molar-refractivity contribution in [2.24, 2.45) is 5.92 Å². The maximum absolute atomic E-state index is 11.7. The van der Waals surface area contributed by atoms with Crippen LogP contribution in [0.3, 0.4) is 0 Å². The molecule has 1 heterocycles. The fraction of sp³-hybridized carbons (Fsp3) is 0.769. The molecule has 0 aromatic heterocycles. The van der Waals surface area contributed by atoms with Crippen LogP contribution in [-0.2, 0) is 9.53 Å². The zero-order valence-corrected chi connectivity index (χ0v) is 10.6. The molecule has 0 fully saturated rings. The van der Waals surface area contributed by atoms with Crippen molar-refractivity contribution in [2.75, 3.05) is 19.8 Å². The van der Waals surface area contributed by atoms with E-state index in [1.54, 1.807) is 0 Å². The smallest absolute Gasteiger partial charge is 0.286 e. The monoisotopic (exact) mass is 241 g/mol. The highest BCUT2D eigenvalue weighted by molar-refractivity contribution is 5.91. The molecule has 4 heteroatoms. The summed E-state index contributed by atoms with van der Waals surface area (Å²) in [5.41, 5.74) is 0. The number of aliphatic hydroxyl groups excluding tert-OH is 1. The van der Waals surface area contributed by atoms with E-state index in [9.17, 15) is 4.79 Å². The van der Waals surface area contributed by atoms with Crippen molar-refractivity contribution in [3.63, 3.8) is 0 Å². The Kier molecular flexibility index (Phi) is 6.70. The Labute approximate surface area is 103 Å². The largest absolute Gasteiger partial charge is 0.488 e. The summed E-state index contributed by atoms with van der Waals surface area (Å²) in [4.78, 5) is 11.7. The second-order valence-electron chi connectivity index (χ2n) is 4.44. The predicted octanol–water partition coefficient (Wildman–Crippen LogP) is 1.60. The second-order valence-corrected chi connectivity index (χ2v) is 4.44. The molecule has 4 nitrogen and oxygen atoms in total. The van der Waals surface area contributed by atoms with Crippen LogP contribution in [0.4, 0.5) is 0 Å². The third-order valence-electron chi connectivity index (χ3n) is 2.95. The zero-order valence-electron chi connectivity index (χ0n) is 10.6. The van der Waals surface area contributed by atoms with E-state index in [0.717, 1.165) is 32.1 Å². The molecule has 1 rings (SSSR count). The number of carbonyl (C=O) groups is 1. The lowest BCUT2D eigenvalue weighted by atomic mass is 10.0. The highest BCUT2D eigenvalue weighted by atomic mass is 16.5. The Bertz CT molecular complexity index is 257. The predicted molar refractivity (Wildman–Crippen MR) is 66.4 cm³/mol. The minimum Gasteiger partial charge on any atom is -0.488 e.